The summed E-state index contributed by atoms with van der Waals surface area (Å²) in [6.07, 6.45) is 7.30. The molecule has 1 aliphatic rings. The summed E-state index contributed by atoms with van der Waals surface area (Å²) in [6, 6.07) is 10.3. The van der Waals surface area contributed by atoms with Gasteiger partial charge in [-0.2, -0.15) is 5.10 Å². The first kappa shape index (κ1) is 18.1. The maximum absolute atomic E-state index is 4.72. The molecule has 0 saturated carbocycles. The molecule has 0 spiro atoms. The smallest absolute Gasteiger partial charge is 0.162 e. The lowest BCUT2D eigenvalue weighted by Crippen LogP contribution is -2.32. The molecular formula is C22H29N5. The number of aromatic nitrogens is 3. The molecular weight excluding hydrogens is 334 g/mol. The second-order valence-electron chi connectivity index (χ2n) is 7.98. The van der Waals surface area contributed by atoms with Crippen molar-refractivity contribution in [3.05, 3.63) is 54.5 Å². The molecule has 0 aliphatic carbocycles. The first-order chi connectivity index (χ1) is 13.2. The average Bonchev–Trinajstić information content (AvgIpc) is 2.97. The van der Waals surface area contributed by atoms with Crippen molar-refractivity contribution in [1.29, 1.82) is 0 Å². The first-order valence-electron chi connectivity index (χ1n) is 10.0. The molecule has 5 nitrogen and oxygen atoms in total. The van der Waals surface area contributed by atoms with Crippen molar-refractivity contribution >= 4 is 5.65 Å². The van der Waals surface area contributed by atoms with E-state index in [1.54, 1.807) is 0 Å². The van der Waals surface area contributed by atoms with E-state index in [9.17, 15) is 0 Å². The first-order valence-corrected chi connectivity index (χ1v) is 10.0. The van der Waals surface area contributed by atoms with Crippen LogP contribution in [-0.4, -0.2) is 57.1 Å². The van der Waals surface area contributed by atoms with Crippen molar-refractivity contribution in [1.82, 2.24) is 24.4 Å². The minimum absolute atomic E-state index is 0.738. The third-order valence-electron chi connectivity index (χ3n) is 5.21. The molecule has 1 saturated heterocycles. The lowest BCUT2D eigenvalue weighted by molar-refractivity contribution is 0.235. The number of rotatable bonds is 5. The highest BCUT2D eigenvalue weighted by Crippen LogP contribution is 2.23. The van der Waals surface area contributed by atoms with E-state index >= 15 is 0 Å². The Hall–Kier alpha value is -2.24. The standard InChI is InChI=1S/C22H29N5/c1-18(2)15-25-9-6-10-26(12-11-25)16-19-13-23-22-21(14-24-27(22)17-19)20-7-4-3-5-8-20/h3-5,7-8,13-14,17-18H,6,9-12,15-16H2,1-2H3. The van der Waals surface area contributed by atoms with Crippen LogP contribution in [0.25, 0.3) is 16.8 Å². The van der Waals surface area contributed by atoms with Crippen LogP contribution < -0.4 is 0 Å². The summed E-state index contributed by atoms with van der Waals surface area (Å²) in [4.78, 5) is 9.87. The zero-order valence-corrected chi connectivity index (χ0v) is 16.4. The van der Waals surface area contributed by atoms with Gasteiger partial charge < -0.3 is 4.90 Å². The Morgan fingerprint density at radius 1 is 0.963 bits per heavy atom. The maximum Gasteiger partial charge on any atom is 0.162 e. The minimum Gasteiger partial charge on any atom is -0.302 e. The van der Waals surface area contributed by atoms with Gasteiger partial charge in [0.15, 0.2) is 5.65 Å². The largest absolute Gasteiger partial charge is 0.302 e. The van der Waals surface area contributed by atoms with E-state index in [4.69, 9.17) is 4.98 Å². The highest BCUT2D eigenvalue weighted by molar-refractivity contribution is 5.76. The van der Waals surface area contributed by atoms with Gasteiger partial charge in [0.25, 0.3) is 0 Å². The zero-order chi connectivity index (χ0) is 18.6. The van der Waals surface area contributed by atoms with Gasteiger partial charge in [0.05, 0.1) is 6.20 Å². The van der Waals surface area contributed by atoms with Gasteiger partial charge in [-0.15, -0.1) is 0 Å². The molecule has 2 aromatic heterocycles. The Morgan fingerprint density at radius 3 is 2.56 bits per heavy atom. The van der Waals surface area contributed by atoms with E-state index in [-0.39, 0.29) is 0 Å². The topological polar surface area (TPSA) is 36.7 Å². The van der Waals surface area contributed by atoms with E-state index in [1.165, 1.54) is 25.1 Å². The summed E-state index contributed by atoms with van der Waals surface area (Å²) < 4.78 is 1.92. The summed E-state index contributed by atoms with van der Waals surface area (Å²) in [5, 5.41) is 4.54. The molecule has 0 N–H and O–H groups in total. The molecule has 3 heterocycles. The van der Waals surface area contributed by atoms with E-state index < -0.39 is 0 Å². The van der Waals surface area contributed by atoms with Crippen molar-refractivity contribution in [2.24, 2.45) is 5.92 Å². The fourth-order valence-corrected chi connectivity index (χ4v) is 3.96. The molecule has 142 valence electrons. The molecule has 0 bridgehead atoms. The molecule has 4 rings (SSSR count). The second kappa shape index (κ2) is 8.19. The Kier molecular flexibility index (Phi) is 5.50. The molecule has 0 amide bonds. The zero-order valence-electron chi connectivity index (χ0n) is 16.4. The van der Waals surface area contributed by atoms with E-state index in [0.717, 1.165) is 48.9 Å². The van der Waals surface area contributed by atoms with Crippen LogP contribution in [0.3, 0.4) is 0 Å². The highest BCUT2D eigenvalue weighted by atomic mass is 15.2. The molecule has 5 heteroatoms. The van der Waals surface area contributed by atoms with Crippen LogP contribution in [0.15, 0.2) is 48.9 Å². The van der Waals surface area contributed by atoms with Crippen LogP contribution >= 0.6 is 0 Å². The minimum atomic E-state index is 0.738. The van der Waals surface area contributed by atoms with E-state index in [0.29, 0.717) is 0 Å². The van der Waals surface area contributed by atoms with Gasteiger partial charge >= 0.3 is 0 Å². The third kappa shape index (κ3) is 4.37. The Balaban J connectivity index is 1.46. The van der Waals surface area contributed by atoms with E-state index in [1.807, 2.05) is 23.0 Å². The third-order valence-corrected chi connectivity index (χ3v) is 5.21. The number of benzene rings is 1. The van der Waals surface area contributed by atoms with E-state index in [2.05, 4.69) is 59.2 Å². The van der Waals surface area contributed by atoms with Gasteiger partial charge in [0, 0.05) is 49.7 Å². The average molecular weight is 364 g/mol. The number of hydrogen-bond donors (Lipinski definition) is 0. The SMILES string of the molecule is CC(C)CN1CCCN(Cc2cnc3c(-c4ccccc4)cnn3c2)CC1. The predicted molar refractivity (Wildman–Crippen MR) is 110 cm³/mol. The van der Waals surface area contributed by atoms with Crippen molar-refractivity contribution in [2.75, 3.05) is 32.7 Å². The van der Waals surface area contributed by atoms with Crippen LogP contribution in [0.4, 0.5) is 0 Å². The van der Waals surface area contributed by atoms with Gasteiger partial charge in [-0.3, -0.25) is 4.90 Å². The Labute approximate surface area is 161 Å². The highest BCUT2D eigenvalue weighted by Gasteiger charge is 2.16. The lowest BCUT2D eigenvalue weighted by Gasteiger charge is -2.23. The van der Waals surface area contributed by atoms with Gasteiger partial charge in [-0.25, -0.2) is 9.50 Å². The molecule has 1 aliphatic heterocycles. The normalized spacial score (nSPS) is 16.9. The maximum atomic E-state index is 4.72. The van der Waals surface area contributed by atoms with Crippen molar-refractivity contribution in [3.8, 4) is 11.1 Å². The van der Waals surface area contributed by atoms with Crippen molar-refractivity contribution < 1.29 is 0 Å². The monoisotopic (exact) mass is 363 g/mol. The summed E-state index contributed by atoms with van der Waals surface area (Å²) in [7, 11) is 0. The summed E-state index contributed by atoms with van der Waals surface area (Å²) in [5.41, 5.74) is 4.39. The molecule has 0 unspecified atom stereocenters. The molecule has 0 radical (unpaired) electrons. The molecule has 27 heavy (non-hydrogen) atoms. The summed E-state index contributed by atoms with van der Waals surface area (Å²) >= 11 is 0. The molecule has 1 fully saturated rings. The van der Waals surface area contributed by atoms with Crippen LogP contribution in [0, 0.1) is 5.92 Å². The number of nitrogens with zero attached hydrogens (tertiary/aromatic N) is 5. The molecule has 1 aromatic carbocycles. The van der Waals surface area contributed by atoms with Gasteiger partial charge in [0.1, 0.15) is 0 Å². The van der Waals surface area contributed by atoms with Crippen LogP contribution in [-0.2, 0) is 6.54 Å². The van der Waals surface area contributed by atoms with Crippen molar-refractivity contribution in [3.63, 3.8) is 0 Å². The quantitative estimate of drug-likeness (QED) is 0.694. The number of fused-ring (bicyclic) bond motifs is 1. The molecule has 3 aromatic rings. The van der Waals surface area contributed by atoms with Gasteiger partial charge in [-0.1, -0.05) is 44.2 Å². The predicted octanol–water partition coefficient (Wildman–Crippen LogP) is 3.56. The Morgan fingerprint density at radius 2 is 1.74 bits per heavy atom. The summed E-state index contributed by atoms with van der Waals surface area (Å²) in [5.74, 6) is 0.738. The van der Waals surface area contributed by atoms with Gasteiger partial charge in [-0.05, 0) is 31.0 Å². The van der Waals surface area contributed by atoms with Crippen LogP contribution in [0.2, 0.25) is 0 Å². The lowest BCUT2D eigenvalue weighted by atomic mass is 10.1. The van der Waals surface area contributed by atoms with Crippen LogP contribution in [0.5, 0.6) is 0 Å². The fraction of sp³-hybridized carbons (Fsp3) is 0.455. The number of hydrogen-bond acceptors (Lipinski definition) is 4. The second-order valence-corrected chi connectivity index (χ2v) is 7.98. The fourth-order valence-electron chi connectivity index (χ4n) is 3.96. The summed E-state index contributed by atoms with van der Waals surface area (Å²) in [6.45, 7) is 11.4. The van der Waals surface area contributed by atoms with Crippen molar-refractivity contribution in [2.45, 2.75) is 26.8 Å². The molecule has 0 atom stereocenters. The van der Waals surface area contributed by atoms with Crippen LogP contribution in [0.1, 0.15) is 25.8 Å². The Bertz CT molecular complexity index is 871. The van der Waals surface area contributed by atoms with Gasteiger partial charge in [0.2, 0.25) is 0 Å².